The van der Waals surface area contributed by atoms with Crippen LogP contribution in [-0.2, 0) is 33.2 Å². The van der Waals surface area contributed by atoms with E-state index in [1.54, 1.807) is 6.92 Å². The van der Waals surface area contributed by atoms with E-state index in [9.17, 15) is 4.79 Å². The minimum absolute atomic E-state index is 0.236. The van der Waals surface area contributed by atoms with Gasteiger partial charge in [0.15, 0.2) is 0 Å². The first kappa shape index (κ1) is 21.3. The molecule has 0 atom stereocenters. The van der Waals surface area contributed by atoms with E-state index in [1.807, 2.05) is 6.92 Å². The number of rotatable bonds is 17. The molecule has 0 N–H and O–H groups in total. The fourth-order valence-corrected chi connectivity index (χ4v) is 1.41. The second-order valence-electron chi connectivity index (χ2n) is 4.20. The molecule has 0 aliphatic carbocycles. The molecule has 0 heterocycles. The molecule has 0 unspecified atom stereocenters. The number of carbonyl (C=O) groups is 1. The van der Waals surface area contributed by atoms with E-state index in [0.717, 1.165) is 0 Å². The normalized spacial score (nSPS) is 10.8. The van der Waals surface area contributed by atoms with E-state index in [0.29, 0.717) is 72.7 Å². The van der Waals surface area contributed by atoms with Gasteiger partial charge in [0.2, 0.25) is 0 Å². The molecule has 0 fully saturated rings. The van der Waals surface area contributed by atoms with E-state index in [2.05, 4.69) is 0 Å². The molecule has 22 heavy (non-hydrogen) atoms. The van der Waals surface area contributed by atoms with Gasteiger partial charge in [-0.25, -0.2) is 0 Å². The maximum absolute atomic E-state index is 11.0. The Morgan fingerprint density at radius 3 is 1.41 bits per heavy atom. The predicted octanol–water partition coefficient (Wildman–Crippen LogP) is 1.04. The maximum atomic E-state index is 11.0. The van der Waals surface area contributed by atoms with Crippen LogP contribution in [0.1, 0.15) is 20.3 Å². The highest BCUT2D eigenvalue weighted by atomic mass is 16.6. The SMILES string of the molecule is CCOCCOCCOCCOCCOCCC(=O)OCC. The Kier molecular flexibility index (Phi) is 17.7. The van der Waals surface area contributed by atoms with Crippen molar-refractivity contribution in [1.82, 2.24) is 0 Å². The summed E-state index contributed by atoms with van der Waals surface area (Å²) in [7, 11) is 0. The number of carbonyl (C=O) groups excluding carboxylic acids is 1. The summed E-state index contributed by atoms with van der Waals surface area (Å²) < 4.78 is 31.1. The van der Waals surface area contributed by atoms with Crippen LogP contribution in [0.4, 0.5) is 0 Å². The van der Waals surface area contributed by atoms with Crippen LogP contribution in [0.2, 0.25) is 0 Å². The zero-order valence-corrected chi connectivity index (χ0v) is 13.8. The Morgan fingerprint density at radius 1 is 0.591 bits per heavy atom. The molecule has 0 aromatic heterocycles. The molecule has 0 spiro atoms. The number of esters is 1. The Morgan fingerprint density at radius 2 is 1.00 bits per heavy atom. The fraction of sp³-hybridized carbons (Fsp3) is 0.933. The average molecular weight is 322 g/mol. The predicted molar refractivity (Wildman–Crippen MR) is 81.0 cm³/mol. The lowest BCUT2D eigenvalue weighted by molar-refractivity contribution is -0.144. The van der Waals surface area contributed by atoms with Gasteiger partial charge in [-0.1, -0.05) is 0 Å². The molecule has 132 valence electrons. The molecule has 0 aliphatic heterocycles. The monoisotopic (exact) mass is 322 g/mol. The highest BCUT2D eigenvalue weighted by Gasteiger charge is 2.00. The number of ether oxygens (including phenoxy) is 6. The minimum Gasteiger partial charge on any atom is -0.466 e. The van der Waals surface area contributed by atoms with Gasteiger partial charge in [0.25, 0.3) is 0 Å². The van der Waals surface area contributed by atoms with Crippen molar-refractivity contribution >= 4 is 5.97 Å². The van der Waals surface area contributed by atoms with Crippen LogP contribution in [0.25, 0.3) is 0 Å². The molecular formula is C15H30O7. The summed E-state index contributed by atoms with van der Waals surface area (Å²) in [6, 6.07) is 0. The van der Waals surface area contributed by atoms with Gasteiger partial charge in [-0.05, 0) is 13.8 Å². The van der Waals surface area contributed by atoms with Crippen molar-refractivity contribution in [2.45, 2.75) is 20.3 Å². The molecule has 0 bridgehead atoms. The molecule has 0 aliphatic rings. The molecule has 0 aromatic carbocycles. The standard InChI is InChI=1S/C15H30O7/c1-3-17-7-8-19-11-12-21-14-13-20-10-9-18-6-5-15(16)22-4-2/h3-14H2,1-2H3. The zero-order valence-electron chi connectivity index (χ0n) is 13.8. The molecule has 0 aromatic rings. The summed E-state index contributed by atoms with van der Waals surface area (Å²) in [6.45, 7) is 9.51. The summed E-state index contributed by atoms with van der Waals surface area (Å²) in [4.78, 5) is 11.0. The van der Waals surface area contributed by atoms with E-state index in [4.69, 9.17) is 28.4 Å². The molecule has 0 saturated heterocycles. The molecule has 0 rings (SSSR count). The van der Waals surface area contributed by atoms with Crippen molar-refractivity contribution in [2.75, 3.05) is 72.7 Å². The fourth-order valence-electron chi connectivity index (χ4n) is 1.41. The second-order valence-corrected chi connectivity index (χ2v) is 4.20. The largest absolute Gasteiger partial charge is 0.466 e. The van der Waals surface area contributed by atoms with Crippen LogP contribution in [-0.4, -0.2) is 78.6 Å². The van der Waals surface area contributed by atoms with Gasteiger partial charge < -0.3 is 28.4 Å². The van der Waals surface area contributed by atoms with E-state index < -0.39 is 0 Å². The third kappa shape index (κ3) is 17.3. The summed E-state index contributed by atoms with van der Waals surface area (Å²) in [5.74, 6) is -0.236. The quantitative estimate of drug-likeness (QED) is 0.293. The molecule has 0 amide bonds. The van der Waals surface area contributed by atoms with E-state index in [1.165, 1.54) is 0 Å². The lowest BCUT2D eigenvalue weighted by Gasteiger charge is -2.07. The van der Waals surface area contributed by atoms with Crippen LogP contribution < -0.4 is 0 Å². The first-order valence-corrected chi connectivity index (χ1v) is 7.85. The van der Waals surface area contributed by atoms with Gasteiger partial charge in [0, 0.05) is 6.61 Å². The Labute approximate surface area is 133 Å². The zero-order chi connectivity index (χ0) is 16.3. The summed E-state index contributed by atoms with van der Waals surface area (Å²) in [5.41, 5.74) is 0. The van der Waals surface area contributed by atoms with Gasteiger partial charge in [-0.2, -0.15) is 0 Å². The third-order valence-electron chi connectivity index (χ3n) is 2.45. The van der Waals surface area contributed by atoms with Crippen molar-refractivity contribution in [1.29, 1.82) is 0 Å². The Hall–Kier alpha value is -0.730. The number of hydrogen-bond donors (Lipinski definition) is 0. The summed E-state index contributed by atoms with van der Waals surface area (Å²) >= 11 is 0. The molecule has 0 saturated carbocycles. The maximum Gasteiger partial charge on any atom is 0.308 e. The Balaban J connectivity index is 3.01. The van der Waals surface area contributed by atoms with Crippen molar-refractivity contribution < 1.29 is 33.2 Å². The van der Waals surface area contributed by atoms with Gasteiger partial charge >= 0.3 is 5.97 Å². The first-order valence-electron chi connectivity index (χ1n) is 7.85. The van der Waals surface area contributed by atoms with Crippen molar-refractivity contribution in [3.63, 3.8) is 0 Å². The third-order valence-corrected chi connectivity index (χ3v) is 2.45. The number of hydrogen-bond acceptors (Lipinski definition) is 7. The molecule has 7 nitrogen and oxygen atoms in total. The minimum atomic E-state index is -0.236. The van der Waals surface area contributed by atoms with Crippen LogP contribution in [0, 0.1) is 0 Å². The highest BCUT2D eigenvalue weighted by molar-refractivity contribution is 5.69. The van der Waals surface area contributed by atoms with Crippen LogP contribution >= 0.6 is 0 Å². The summed E-state index contributed by atoms with van der Waals surface area (Å²) in [5, 5.41) is 0. The Bertz CT molecular complexity index is 236. The van der Waals surface area contributed by atoms with Crippen LogP contribution in [0.3, 0.4) is 0 Å². The summed E-state index contributed by atoms with van der Waals surface area (Å²) in [6.07, 6.45) is 0.278. The van der Waals surface area contributed by atoms with E-state index in [-0.39, 0.29) is 12.4 Å². The first-order chi connectivity index (χ1) is 10.8. The van der Waals surface area contributed by atoms with Crippen molar-refractivity contribution in [2.24, 2.45) is 0 Å². The lowest BCUT2D eigenvalue weighted by atomic mass is 10.5. The van der Waals surface area contributed by atoms with Crippen LogP contribution in [0.15, 0.2) is 0 Å². The molecule has 0 radical (unpaired) electrons. The van der Waals surface area contributed by atoms with Crippen molar-refractivity contribution in [3.05, 3.63) is 0 Å². The topological polar surface area (TPSA) is 72.5 Å². The average Bonchev–Trinajstić information content (AvgIpc) is 2.51. The molecular weight excluding hydrogens is 292 g/mol. The van der Waals surface area contributed by atoms with Gasteiger partial charge in [-0.3, -0.25) is 4.79 Å². The van der Waals surface area contributed by atoms with Gasteiger partial charge in [0.05, 0.1) is 72.5 Å². The lowest BCUT2D eigenvalue weighted by Crippen LogP contribution is -2.14. The molecule has 7 heteroatoms. The smallest absolute Gasteiger partial charge is 0.308 e. The van der Waals surface area contributed by atoms with Crippen molar-refractivity contribution in [3.8, 4) is 0 Å². The highest BCUT2D eigenvalue weighted by Crippen LogP contribution is 1.89. The van der Waals surface area contributed by atoms with Gasteiger partial charge in [-0.15, -0.1) is 0 Å². The second kappa shape index (κ2) is 18.3. The van der Waals surface area contributed by atoms with E-state index >= 15 is 0 Å². The van der Waals surface area contributed by atoms with Crippen LogP contribution in [0.5, 0.6) is 0 Å². The van der Waals surface area contributed by atoms with Gasteiger partial charge in [0.1, 0.15) is 0 Å².